The van der Waals surface area contributed by atoms with Crippen LogP contribution in [-0.4, -0.2) is 26.0 Å². The highest BCUT2D eigenvalue weighted by Gasteiger charge is 2.11. The Morgan fingerprint density at radius 2 is 2.11 bits per heavy atom. The second-order valence-corrected chi connectivity index (χ2v) is 4.72. The molecule has 0 atom stereocenters. The lowest BCUT2D eigenvalue weighted by molar-refractivity contribution is 0.194. The van der Waals surface area contributed by atoms with Crippen molar-refractivity contribution in [3.05, 3.63) is 30.1 Å². The van der Waals surface area contributed by atoms with Crippen LogP contribution in [-0.2, 0) is 0 Å². The molecule has 2 N–H and O–H groups in total. The molecule has 0 unspecified atom stereocenters. The molecule has 2 aromatic heterocycles. The average Bonchev–Trinajstić information content (AvgIpc) is 2.87. The number of fused-ring (bicyclic) bond motifs is 2. The maximum Gasteiger partial charge on any atom is 0.432 e. The molecule has 0 fully saturated rings. The van der Waals surface area contributed by atoms with Crippen molar-refractivity contribution in [1.82, 2.24) is 14.8 Å². The lowest BCUT2D eigenvalue weighted by atomic mass is 10.1. The summed E-state index contributed by atoms with van der Waals surface area (Å²) >= 11 is 0. The minimum atomic E-state index is -1.07. The van der Waals surface area contributed by atoms with Gasteiger partial charge in [0.05, 0.1) is 11.7 Å². The predicted octanol–water partition coefficient (Wildman–Crippen LogP) is 3.17. The van der Waals surface area contributed by atoms with Crippen molar-refractivity contribution < 1.29 is 9.90 Å². The first kappa shape index (κ1) is 10.8. The Hall–Kier alpha value is -2.30. The molecule has 5 heteroatoms. The number of nitrogens with one attached hydrogen (secondary N) is 1. The molecular weight excluding hydrogens is 230 g/mol. The van der Waals surface area contributed by atoms with Crippen LogP contribution in [0.4, 0.5) is 4.79 Å². The summed E-state index contributed by atoms with van der Waals surface area (Å²) in [5.74, 6) is 0.413. The molecule has 0 radical (unpaired) electrons. The summed E-state index contributed by atoms with van der Waals surface area (Å²) in [5, 5.41) is 14.7. The van der Waals surface area contributed by atoms with E-state index in [4.69, 9.17) is 5.11 Å². The van der Waals surface area contributed by atoms with E-state index in [9.17, 15) is 4.79 Å². The number of hydrogen-bond donors (Lipinski definition) is 2. The summed E-state index contributed by atoms with van der Waals surface area (Å²) in [6.45, 7) is 4.23. The van der Waals surface area contributed by atoms with Crippen LogP contribution in [0.3, 0.4) is 0 Å². The smallest absolute Gasteiger partial charge is 0.432 e. The lowest BCUT2D eigenvalue weighted by Crippen LogP contribution is -2.08. The van der Waals surface area contributed by atoms with E-state index in [0.717, 1.165) is 26.7 Å². The van der Waals surface area contributed by atoms with Gasteiger partial charge in [-0.05, 0) is 24.1 Å². The van der Waals surface area contributed by atoms with E-state index in [2.05, 4.69) is 30.0 Å². The van der Waals surface area contributed by atoms with E-state index in [1.165, 1.54) is 0 Å². The van der Waals surface area contributed by atoms with Crippen LogP contribution < -0.4 is 0 Å². The molecule has 92 valence electrons. The van der Waals surface area contributed by atoms with Gasteiger partial charge >= 0.3 is 6.09 Å². The van der Waals surface area contributed by atoms with Gasteiger partial charge in [-0.1, -0.05) is 13.8 Å². The van der Waals surface area contributed by atoms with Gasteiger partial charge in [-0.15, -0.1) is 0 Å². The van der Waals surface area contributed by atoms with E-state index in [1.54, 1.807) is 6.20 Å². The molecular formula is C13H13N3O2. The molecule has 0 spiro atoms. The van der Waals surface area contributed by atoms with Crippen LogP contribution in [0.1, 0.15) is 25.5 Å². The Balaban J connectivity index is 2.31. The monoisotopic (exact) mass is 243 g/mol. The maximum atomic E-state index is 11.0. The van der Waals surface area contributed by atoms with Crippen LogP contribution in [0.2, 0.25) is 0 Å². The van der Waals surface area contributed by atoms with Crippen molar-refractivity contribution in [1.29, 1.82) is 0 Å². The number of carboxylic acid groups (broad SMARTS) is 1. The predicted molar refractivity (Wildman–Crippen MR) is 69.1 cm³/mol. The number of aromatic amines is 1. The first-order valence-electron chi connectivity index (χ1n) is 5.80. The van der Waals surface area contributed by atoms with Gasteiger partial charge in [0.2, 0.25) is 0 Å². The minimum Gasteiger partial charge on any atom is -0.463 e. The molecule has 0 bridgehead atoms. The molecule has 0 aliphatic rings. The van der Waals surface area contributed by atoms with Crippen molar-refractivity contribution in [2.75, 3.05) is 0 Å². The van der Waals surface area contributed by atoms with Gasteiger partial charge in [-0.3, -0.25) is 0 Å². The third kappa shape index (κ3) is 1.48. The maximum absolute atomic E-state index is 11.0. The van der Waals surface area contributed by atoms with E-state index in [0.29, 0.717) is 11.4 Å². The third-order valence-corrected chi connectivity index (χ3v) is 3.13. The van der Waals surface area contributed by atoms with Gasteiger partial charge < -0.3 is 10.1 Å². The minimum absolute atomic E-state index is 0.413. The molecule has 18 heavy (non-hydrogen) atoms. The average molecular weight is 243 g/mol. The lowest BCUT2D eigenvalue weighted by Gasteiger charge is -1.97. The zero-order valence-electron chi connectivity index (χ0n) is 10.1. The highest BCUT2D eigenvalue weighted by atomic mass is 16.4. The van der Waals surface area contributed by atoms with E-state index in [-0.39, 0.29) is 0 Å². The fourth-order valence-corrected chi connectivity index (χ4v) is 2.14. The highest BCUT2D eigenvalue weighted by molar-refractivity contribution is 5.98. The first-order chi connectivity index (χ1) is 8.56. The van der Waals surface area contributed by atoms with Gasteiger partial charge in [0.1, 0.15) is 0 Å². The SMILES string of the molecule is CC(C)c1cc2cc3c(cnn3C(=O)O)cc2[nH]1. The topological polar surface area (TPSA) is 70.9 Å². The summed E-state index contributed by atoms with van der Waals surface area (Å²) < 4.78 is 0.997. The number of aromatic nitrogens is 3. The van der Waals surface area contributed by atoms with Crippen LogP contribution in [0.5, 0.6) is 0 Å². The van der Waals surface area contributed by atoms with Crippen molar-refractivity contribution in [3.63, 3.8) is 0 Å². The number of benzene rings is 1. The molecule has 3 rings (SSSR count). The normalized spacial score (nSPS) is 11.7. The van der Waals surface area contributed by atoms with Gasteiger partial charge in [0, 0.05) is 22.0 Å². The zero-order valence-corrected chi connectivity index (χ0v) is 10.1. The van der Waals surface area contributed by atoms with Crippen molar-refractivity contribution >= 4 is 27.9 Å². The standard InChI is InChI=1S/C13H13N3O2/c1-7(2)10-3-8-5-12-9(4-11(8)15-10)6-14-16(12)13(17)18/h3-7,15H,1-2H3,(H,17,18). The van der Waals surface area contributed by atoms with E-state index in [1.807, 2.05) is 12.1 Å². The molecule has 2 heterocycles. The van der Waals surface area contributed by atoms with Crippen LogP contribution in [0.25, 0.3) is 21.8 Å². The molecule has 0 saturated heterocycles. The molecule has 5 nitrogen and oxygen atoms in total. The quantitative estimate of drug-likeness (QED) is 0.689. The highest BCUT2D eigenvalue weighted by Crippen LogP contribution is 2.25. The summed E-state index contributed by atoms with van der Waals surface area (Å²) in [6, 6.07) is 5.84. The van der Waals surface area contributed by atoms with Gasteiger partial charge in [-0.25, -0.2) is 4.79 Å². The van der Waals surface area contributed by atoms with Crippen LogP contribution in [0.15, 0.2) is 24.4 Å². The summed E-state index contributed by atoms with van der Waals surface area (Å²) in [4.78, 5) is 14.4. The van der Waals surface area contributed by atoms with Gasteiger partial charge in [-0.2, -0.15) is 9.78 Å². The van der Waals surface area contributed by atoms with E-state index >= 15 is 0 Å². The number of hydrogen-bond acceptors (Lipinski definition) is 2. The van der Waals surface area contributed by atoms with Crippen LogP contribution >= 0.6 is 0 Å². The molecule has 0 aliphatic heterocycles. The van der Waals surface area contributed by atoms with Gasteiger partial charge in [0.15, 0.2) is 0 Å². The number of rotatable bonds is 1. The Morgan fingerprint density at radius 3 is 2.78 bits per heavy atom. The second-order valence-electron chi connectivity index (χ2n) is 4.72. The van der Waals surface area contributed by atoms with Crippen molar-refractivity contribution in [2.45, 2.75) is 19.8 Å². The molecule has 0 amide bonds. The Bertz CT molecular complexity index is 752. The molecule has 0 aliphatic carbocycles. The number of carbonyl (C=O) groups is 1. The summed E-state index contributed by atoms with van der Waals surface area (Å²) in [5.41, 5.74) is 2.77. The van der Waals surface area contributed by atoms with Gasteiger partial charge in [0.25, 0.3) is 0 Å². The largest absolute Gasteiger partial charge is 0.463 e. The molecule has 0 saturated carbocycles. The Morgan fingerprint density at radius 1 is 1.33 bits per heavy atom. The third-order valence-electron chi connectivity index (χ3n) is 3.13. The zero-order chi connectivity index (χ0) is 12.9. The fraction of sp³-hybridized carbons (Fsp3) is 0.231. The molecule has 1 aromatic carbocycles. The summed E-state index contributed by atoms with van der Waals surface area (Å²) in [6.07, 6.45) is 0.502. The van der Waals surface area contributed by atoms with Crippen LogP contribution in [0, 0.1) is 0 Å². The number of nitrogens with zero attached hydrogens (tertiary/aromatic N) is 2. The second kappa shape index (κ2) is 3.60. The Labute approximate surface area is 103 Å². The molecule has 3 aromatic rings. The fourth-order valence-electron chi connectivity index (χ4n) is 2.14. The Kier molecular flexibility index (Phi) is 2.16. The van der Waals surface area contributed by atoms with Crippen molar-refractivity contribution in [2.24, 2.45) is 0 Å². The van der Waals surface area contributed by atoms with Crippen molar-refractivity contribution in [3.8, 4) is 0 Å². The summed E-state index contributed by atoms with van der Waals surface area (Å²) in [7, 11) is 0. The number of H-pyrrole nitrogens is 1. The first-order valence-corrected chi connectivity index (χ1v) is 5.80. The van der Waals surface area contributed by atoms with E-state index < -0.39 is 6.09 Å².